The van der Waals surface area contributed by atoms with Crippen LogP contribution < -0.4 is 16.3 Å². The largest absolute Gasteiger partial charge is 0.451 e. The average molecular weight is 410 g/mol. The highest BCUT2D eigenvalue weighted by Gasteiger charge is 2.23. The summed E-state index contributed by atoms with van der Waals surface area (Å²) in [7, 11) is 0. The van der Waals surface area contributed by atoms with Gasteiger partial charge in [-0.3, -0.25) is 9.59 Å². The van der Waals surface area contributed by atoms with Crippen LogP contribution in [0.5, 0.6) is 0 Å². The number of anilines is 1. The van der Waals surface area contributed by atoms with E-state index >= 15 is 0 Å². The molecule has 9 heteroatoms. The molecule has 0 unspecified atom stereocenters. The Morgan fingerprint density at radius 1 is 1.00 bits per heavy atom. The van der Waals surface area contributed by atoms with E-state index in [4.69, 9.17) is 4.74 Å². The van der Waals surface area contributed by atoms with Crippen molar-refractivity contribution in [3.05, 3.63) is 64.1 Å². The van der Waals surface area contributed by atoms with Gasteiger partial charge in [0.05, 0.1) is 11.0 Å². The van der Waals surface area contributed by atoms with Crippen molar-refractivity contribution in [3.63, 3.8) is 0 Å². The number of carbonyl (C=O) groups is 3. The lowest BCUT2D eigenvalue weighted by Gasteiger charge is -2.17. The van der Waals surface area contributed by atoms with Crippen LogP contribution in [0.15, 0.2) is 47.3 Å². The molecule has 2 atom stereocenters. The summed E-state index contributed by atoms with van der Waals surface area (Å²) in [6, 6.07) is 10.9. The van der Waals surface area contributed by atoms with Crippen LogP contribution in [0, 0.1) is 6.92 Å². The topological polar surface area (TPSA) is 133 Å². The lowest BCUT2D eigenvalue weighted by molar-refractivity contribution is -0.154. The first-order valence-electron chi connectivity index (χ1n) is 9.34. The van der Waals surface area contributed by atoms with Crippen molar-refractivity contribution in [2.24, 2.45) is 0 Å². The highest BCUT2D eigenvalue weighted by molar-refractivity contribution is 5.98. The summed E-state index contributed by atoms with van der Waals surface area (Å²) in [6.07, 6.45) is -1.09. The highest BCUT2D eigenvalue weighted by atomic mass is 16.5. The molecule has 156 valence electrons. The molecule has 0 fully saturated rings. The maximum Gasteiger partial charge on any atom is 0.329 e. The molecule has 3 rings (SSSR count). The van der Waals surface area contributed by atoms with E-state index in [-0.39, 0.29) is 5.69 Å². The molecule has 2 aromatic carbocycles. The molecule has 0 aliphatic rings. The molecule has 0 saturated carbocycles. The number of amides is 2. The number of imidazole rings is 1. The number of benzene rings is 2. The third-order valence-corrected chi connectivity index (χ3v) is 4.43. The number of aromatic amines is 2. The van der Waals surface area contributed by atoms with E-state index in [1.54, 1.807) is 36.4 Å². The number of aromatic nitrogens is 2. The zero-order valence-electron chi connectivity index (χ0n) is 16.7. The summed E-state index contributed by atoms with van der Waals surface area (Å²) < 4.78 is 5.17. The molecule has 9 nitrogen and oxygen atoms in total. The van der Waals surface area contributed by atoms with Crippen molar-refractivity contribution < 1.29 is 19.1 Å². The van der Waals surface area contributed by atoms with Gasteiger partial charge in [-0.05, 0) is 51.1 Å². The molecule has 0 aliphatic carbocycles. The maximum atomic E-state index is 12.3. The summed E-state index contributed by atoms with van der Waals surface area (Å²) in [5, 5.41) is 5.18. The number of nitrogens with one attached hydrogen (secondary N) is 4. The normalized spacial score (nSPS) is 12.8. The van der Waals surface area contributed by atoms with Gasteiger partial charge in [-0.2, -0.15) is 0 Å². The summed E-state index contributed by atoms with van der Waals surface area (Å²) >= 11 is 0. The Bertz CT molecular complexity index is 1160. The van der Waals surface area contributed by atoms with E-state index < -0.39 is 29.9 Å². The smallest absolute Gasteiger partial charge is 0.329 e. The number of hydrogen-bond donors (Lipinski definition) is 4. The van der Waals surface area contributed by atoms with Gasteiger partial charge in [0.2, 0.25) is 0 Å². The fourth-order valence-corrected chi connectivity index (χ4v) is 2.81. The van der Waals surface area contributed by atoms with Gasteiger partial charge in [-0.15, -0.1) is 0 Å². The minimum atomic E-state index is -1.09. The number of esters is 1. The van der Waals surface area contributed by atoms with Gasteiger partial charge in [0, 0.05) is 11.3 Å². The lowest BCUT2D eigenvalue weighted by atomic mass is 10.1. The summed E-state index contributed by atoms with van der Waals surface area (Å²) in [4.78, 5) is 53.4. The third-order valence-electron chi connectivity index (χ3n) is 4.43. The Kier molecular flexibility index (Phi) is 6.01. The Balaban J connectivity index is 1.56. The number of fused-ring (bicyclic) bond motifs is 1. The Labute approximate surface area is 171 Å². The summed E-state index contributed by atoms with van der Waals surface area (Å²) in [5.41, 5.74) is 2.58. The fraction of sp³-hybridized carbons (Fsp3) is 0.238. The predicted molar refractivity (Wildman–Crippen MR) is 111 cm³/mol. The first kappa shape index (κ1) is 20.8. The number of aryl methyl sites for hydroxylation is 1. The van der Waals surface area contributed by atoms with Crippen LogP contribution in [0.4, 0.5) is 5.69 Å². The van der Waals surface area contributed by atoms with Crippen LogP contribution in [0.3, 0.4) is 0 Å². The fourth-order valence-electron chi connectivity index (χ4n) is 2.81. The maximum absolute atomic E-state index is 12.3. The van der Waals surface area contributed by atoms with Gasteiger partial charge >= 0.3 is 11.7 Å². The van der Waals surface area contributed by atoms with Crippen LogP contribution in [-0.4, -0.2) is 39.9 Å². The Morgan fingerprint density at radius 3 is 2.47 bits per heavy atom. The molecule has 3 aromatic rings. The van der Waals surface area contributed by atoms with Gasteiger partial charge in [0.25, 0.3) is 11.8 Å². The number of carbonyl (C=O) groups excluding carboxylic acids is 3. The molecule has 0 bridgehead atoms. The van der Waals surface area contributed by atoms with Crippen LogP contribution in [0.25, 0.3) is 11.0 Å². The van der Waals surface area contributed by atoms with E-state index in [0.717, 1.165) is 5.56 Å². The first-order chi connectivity index (χ1) is 14.2. The minimum Gasteiger partial charge on any atom is -0.451 e. The van der Waals surface area contributed by atoms with Crippen molar-refractivity contribution in [2.45, 2.75) is 32.9 Å². The molecule has 0 spiro atoms. The molecule has 0 radical (unpaired) electrons. The van der Waals surface area contributed by atoms with E-state index in [9.17, 15) is 19.2 Å². The molecular formula is C21H22N4O5. The predicted octanol–water partition coefficient (Wildman–Crippen LogP) is 1.85. The van der Waals surface area contributed by atoms with E-state index in [0.29, 0.717) is 22.3 Å². The lowest BCUT2D eigenvalue weighted by Crippen LogP contribution is -2.42. The van der Waals surface area contributed by atoms with Crippen LogP contribution in [-0.2, 0) is 14.3 Å². The van der Waals surface area contributed by atoms with Crippen LogP contribution in [0.2, 0.25) is 0 Å². The molecule has 1 heterocycles. The molecule has 4 N–H and O–H groups in total. The molecule has 2 amide bonds. The van der Waals surface area contributed by atoms with E-state index in [1.807, 2.05) is 13.0 Å². The van der Waals surface area contributed by atoms with Gasteiger partial charge < -0.3 is 25.3 Å². The molecule has 30 heavy (non-hydrogen) atoms. The Hall–Kier alpha value is -3.88. The second-order valence-electron chi connectivity index (χ2n) is 6.97. The standard InChI is InChI=1S/C21H22N4O5/c1-11-5-4-6-14(9-11)19(27)22-12(2)20(28)30-13(3)18(26)23-15-7-8-16-17(10-15)25-21(29)24-16/h4-10,12-13H,1-3H3,(H,22,27)(H,23,26)(H2,24,25,29)/t12-,13-/m0/s1. The third kappa shape index (κ3) is 4.93. The van der Waals surface area contributed by atoms with Gasteiger partial charge in [0.15, 0.2) is 6.10 Å². The molecule has 0 saturated heterocycles. The second kappa shape index (κ2) is 8.64. The van der Waals surface area contributed by atoms with Crippen molar-refractivity contribution in [1.82, 2.24) is 15.3 Å². The number of hydrogen-bond acceptors (Lipinski definition) is 5. The monoisotopic (exact) mass is 410 g/mol. The van der Waals surface area contributed by atoms with Gasteiger partial charge in [-0.1, -0.05) is 17.7 Å². The average Bonchev–Trinajstić information content (AvgIpc) is 3.07. The SMILES string of the molecule is Cc1cccc(C(=O)N[C@@H](C)C(=O)O[C@@H](C)C(=O)Nc2ccc3[nH]c(=O)[nH]c3c2)c1. The summed E-state index contributed by atoms with van der Waals surface area (Å²) in [5.74, 6) is -1.68. The Morgan fingerprint density at radius 2 is 1.73 bits per heavy atom. The van der Waals surface area contributed by atoms with E-state index in [1.165, 1.54) is 13.8 Å². The minimum absolute atomic E-state index is 0.350. The van der Waals surface area contributed by atoms with Crippen LogP contribution in [0.1, 0.15) is 29.8 Å². The van der Waals surface area contributed by atoms with Gasteiger partial charge in [0.1, 0.15) is 6.04 Å². The number of ether oxygens (including phenoxy) is 1. The van der Waals surface area contributed by atoms with Crippen molar-refractivity contribution >= 4 is 34.5 Å². The van der Waals surface area contributed by atoms with E-state index in [2.05, 4.69) is 20.6 Å². The molecular weight excluding hydrogens is 388 g/mol. The van der Waals surface area contributed by atoms with Crippen molar-refractivity contribution in [2.75, 3.05) is 5.32 Å². The van der Waals surface area contributed by atoms with Crippen LogP contribution >= 0.6 is 0 Å². The zero-order chi connectivity index (χ0) is 21.8. The highest BCUT2D eigenvalue weighted by Crippen LogP contribution is 2.15. The zero-order valence-corrected chi connectivity index (χ0v) is 16.7. The van der Waals surface area contributed by atoms with Crippen molar-refractivity contribution in [1.29, 1.82) is 0 Å². The second-order valence-corrected chi connectivity index (χ2v) is 6.97. The quantitative estimate of drug-likeness (QED) is 0.460. The number of H-pyrrole nitrogens is 2. The van der Waals surface area contributed by atoms with Gasteiger partial charge in [-0.25, -0.2) is 9.59 Å². The molecule has 1 aromatic heterocycles. The molecule has 0 aliphatic heterocycles. The van der Waals surface area contributed by atoms with Crippen molar-refractivity contribution in [3.8, 4) is 0 Å². The number of rotatable bonds is 6. The summed E-state index contributed by atoms with van der Waals surface area (Å²) in [6.45, 7) is 4.77. The first-order valence-corrected chi connectivity index (χ1v) is 9.34.